The van der Waals surface area contributed by atoms with Crippen LogP contribution in [0, 0.1) is 0 Å². The molecule has 0 saturated heterocycles. The molecule has 30 heavy (non-hydrogen) atoms. The second-order valence-electron chi connectivity index (χ2n) is 7.18. The molecule has 2 aromatic carbocycles. The fourth-order valence-electron chi connectivity index (χ4n) is 3.91. The minimum Gasteiger partial charge on any atom is -0.493 e. The van der Waals surface area contributed by atoms with Crippen molar-refractivity contribution in [1.82, 2.24) is 20.2 Å². The van der Waals surface area contributed by atoms with E-state index in [4.69, 9.17) is 14.5 Å². The lowest BCUT2D eigenvalue weighted by atomic mass is 10.1. The van der Waals surface area contributed by atoms with Crippen LogP contribution in [0.3, 0.4) is 0 Å². The normalized spacial score (nSPS) is 19.9. The molecular weight excluding hydrogens is 382 g/mol. The van der Waals surface area contributed by atoms with Crippen LogP contribution in [0.4, 0.5) is 0 Å². The van der Waals surface area contributed by atoms with Crippen LogP contribution < -0.4 is 20.3 Å². The van der Waals surface area contributed by atoms with Crippen molar-refractivity contribution in [2.45, 2.75) is 12.2 Å². The van der Waals surface area contributed by atoms with Crippen LogP contribution in [-0.4, -0.2) is 41.8 Å². The highest BCUT2D eigenvalue weighted by Crippen LogP contribution is 2.34. The Labute approximate surface area is 172 Å². The average Bonchev–Trinajstić information content (AvgIpc) is 3.22. The Morgan fingerprint density at radius 1 is 1.10 bits per heavy atom. The summed E-state index contributed by atoms with van der Waals surface area (Å²) in [7, 11) is 3.10. The number of allylic oxidation sites excluding steroid dienone is 1. The van der Waals surface area contributed by atoms with Gasteiger partial charge in [0.05, 0.1) is 30.8 Å². The van der Waals surface area contributed by atoms with Gasteiger partial charge in [0.1, 0.15) is 18.0 Å². The molecule has 0 saturated carbocycles. The van der Waals surface area contributed by atoms with Gasteiger partial charge < -0.3 is 24.7 Å². The van der Waals surface area contributed by atoms with Crippen LogP contribution >= 0.6 is 0 Å². The summed E-state index contributed by atoms with van der Waals surface area (Å²) in [5, 5.41) is 3.79. The highest BCUT2D eigenvalue weighted by molar-refractivity contribution is 5.82. The van der Waals surface area contributed by atoms with E-state index >= 15 is 0 Å². The molecule has 0 fully saturated rings. The molecule has 152 valence electrons. The monoisotopic (exact) mass is 403 g/mol. The Kier molecular flexibility index (Phi) is 4.39. The second-order valence-corrected chi connectivity index (χ2v) is 7.18. The fraction of sp³-hybridized carbons (Fsp3) is 0.227. The summed E-state index contributed by atoms with van der Waals surface area (Å²) in [5.74, 6) is 1.59. The highest BCUT2D eigenvalue weighted by atomic mass is 16.5. The number of fused-ring (bicyclic) bond motifs is 2. The van der Waals surface area contributed by atoms with Crippen molar-refractivity contribution in [3.8, 4) is 11.5 Å². The van der Waals surface area contributed by atoms with Crippen LogP contribution in [0.5, 0.6) is 11.5 Å². The standard InChI is InChI=1S/C22H21N5O3/c1-29-18-8-15-16(9-19(18)30-2)25-20(26-22(15)28)17-12-27-14(10-23-17)11-24-21(27)13-6-4-3-5-7-13/h3-11,17,21,23H,12H2,1-2H3,(H,25,26,28). The van der Waals surface area contributed by atoms with E-state index < -0.39 is 0 Å². The third kappa shape index (κ3) is 2.97. The van der Waals surface area contributed by atoms with Crippen molar-refractivity contribution in [3.05, 3.63) is 76.1 Å². The van der Waals surface area contributed by atoms with Gasteiger partial charge in [-0.1, -0.05) is 30.3 Å². The minimum atomic E-state index is -0.218. The molecule has 2 aliphatic rings. The summed E-state index contributed by atoms with van der Waals surface area (Å²) < 4.78 is 10.7. The number of aromatic amines is 1. The van der Waals surface area contributed by atoms with Crippen molar-refractivity contribution in [2.24, 2.45) is 4.99 Å². The molecule has 0 aliphatic carbocycles. The first kappa shape index (κ1) is 18.2. The molecule has 0 spiro atoms. The molecule has 2 unspecified atom stereocenters. The van der Waals surface area contributed by atoms with Crippen LogP contribution in [0.2, 0.25) is 0 Å². The number of aliphatic imine (C=N–C) groups is 1. The number of rotatable bonds is 4. The van der Waals surface area contributed by atoms with Crippen LogP contribution in [0.15, 0.2) is 64.1 Å². The number of hydrogen-bond acceptors (Lipinski definition) is 7. The fourth-order valence-corrected chi connectivity index (χ4v) is 3.91. The Hall–Kier alpha value is -3.81. The summed E-state index contributed by atoms with van der Waals surface area (Å²) in [5.41, 5.74) is 2.47. The maximum atomic E-state index is 12.8. The summed E-state index contributed by atoms with van der Waals surface area (Å²) in [6.45, 7) is 0.618. The van der Waals surface area contributed by atoms with Gasteiger partial charge >= 0.3 is 0 Å². The van der Waals surface area contributed by atoms with Gasteiger partial charge in [0.2, 0.25) is 0 Å². The van der Waals surface area contributed by atoms with Gasteiger partial charge in [-0.3, -0.25) is 9.79 Å². The summed E-state index contributed by atoms with van der Waals surface area (Å²) in [4.78, 5) is 27.2. The summed E-state index contributed by atoms with van der Waals surface area (Å²) >= 11 is 0. The molecule has 0 amide bonds. The molecule has 0 radical (unpaired) electrons. The van der Waals surface area contributed by atoms with E-state index in [0.717, 1.165) is 11.3 Å². The number of H-pyrrole nitrogens is 1. The van der Waals surface area contributed by atoms with E-state index in [1.807, 2.05) is 30.6 Å². The predicted octanol–water partition coefficient (Wildman–Crippen LogP) is 2.51. The largest absolute Gasteiger partial charge is 0.493 e. The van der Waals surface area contributed by atoms with Crippen LogP contribution in [0.1, 0.15) is 23.6 Å². The first-order valence-corrected chi connectivity index (χ1v) is 9.65. The van der Waals surface area contributed by atoms with Crippen molar-refractivity contribution in [3.63, 3.8) is 0 Å². The smallest absolute Gasteiger partial charge is 0.258 e. The van der Waals surface area contributed by atoms with Crippen molar-refractivity contribution < 1.29 is 9.47 Å². The van der Waals surface area contributed by atoms with E-state index in [0.29, 0.717) is 34.8 Å². The number of nitrogens with one attached hydrogen (secondary N) is 2. The van der Waals surface area contributed by atoms with E-state index in [1.165, 1.54) is 7.11 Å². The second kappa shape index (κ2) is 7.22. The van der Waals surface area contributed by atoms with Gasteiger partial charge in [-0.05, 0) is 11.6 Å². The zero-order valence-electron chi connectivity index (χ0n) is 16.6. The number of nitrogens with zero attached hydrogens (tertiary/aromatic N) is 3. The Morgan fingerprint density at radius 3 is 2.63 bits per heavy atom. The Balaban J connectivity index is 1.50. The Morgan fingerprint density at radius 2 is 1.87 bits per heavy atom. The van der Waals surface area contributed by atoms with Gasteiger partial charge in [0.25, 0.3) is 5.56 Å². The van der Waals surface area contributed by atoms with Crippen LogP contribution in [-0.2, 0) is 0 Å². The van der Waals surface area contributed by atoms with E-state index in [9.17, 15) is 4.79 Å². The number of ether oxygens (including phenoxy) is 2. The molecule has 8 heteroatoms. The molecule has 2 N–H and O–H groups in total. The zero-order valence-corrected chi connectivity index (χ0v) is 16.6. The summed E-state index contributed by atoms with van der Waals surface area (Å²) in [6, 6.07) is 13.3. The van der Waals surface area contributed by atoms with E-state index in [1.54, 1.807) is 19.2 Å². The molecule has 5 rings (SSSR count). The first-order valence-electron chi connectivity index (χ1n) is 9.65. The minimum absolute atomic E-state index is 0.0846. The van der Waals surface area contributed by atoms with E-state index in [2.05, 4.69) is 32.3 Å². The molecule has 3 aromatic rings. The lowest BCUT2D eigenvalue weighted by Crippen LogP contribution is -2.39. The molecule has 1 aromatic heterocycles. The van der Waals surface area contributed by atoms with Gasteiger partial charge in [0, 0.05) is 25.0 Å². The van der Waals surface area contributed by atoms with Gasteiger partial charge in [-0.2, -0.15) is 0 Å². The predicted molar refractivity (Wildman–Crippen MR) is 114 cm³/mol. The zero-order chi connectivity index (χ0) is 20.7. The lowest BCUT2D eigenvalue weighted by molar-refractivity contribution is 0.245. The number of hydrogen-bond donors (Lipinski definition) is 2. The average molecular weight is 403 g/mol. The lowest BCUT2D eigenvalue weighted by Gasteiger charge is -2.34. The number of aromatic nitrogens is 2. The third-order valence-electron chi connectivity index (χ3n) is 5.44. The number of methoxy groups -OCH3 is 2. The van der Waals surface area contributed by atoms with Gasteiger partial charge in [0.15, 0.2) is 11.5 Å². The van der Waals surface area contributed by atoms with E-state index in [-0.39, 0.29) is 17.8 Å². The van der Waals surface area contributed by atoms with Crippen LogP contribution in [0.25, 0.3) is 10.9 Å². The quantitative estimate of drug-likeness (QED) is 0.696. The molecular formula is C22H21N5O3. The molecule has 2 atom stereocenters. The summed E-state index contributed by atoms with van der Waals surface area (Å²) in [6.07, 6.45) is 3.70. The SMILES string of the molecule is COc1cc2nc(C3CN4C(=CN3)C=NC4c3ccccc3)[nH]c(=O)c2cc1OC. The molecule has 0 bridgehead atoms. The molecule has 3 heterocycles. The number of benzene rings is 2. The van der Waals surface area contributed by atoms with Gasteiger partial charge in [-0.15, -0.1) is 0 Å². The topological polar surface area (TPSA) is 91.8 Å². The highest BCUT2D eigenvalue weighted by Gasteiger charge is 2.32. The van der Waals surface area contributed by atoms with Gasteiger partial charge in [-0.25, -0.2) is 4.98 Å². The maximum absolute atomic E-state index is 12.8. The molecule has 2 aliphatic heterocycles. The Bertz CT molecular complexity index is 1220. The van der Waals surface area contributed by atoms with Crippen molar-refractivity contribution >= 4 is 17.1 Å². The third-order valence-corrected chi connectivity index (χ3v) is 5.44. The van der Waals surface area contributed by atoms with Crippen molar-refractivity contribution in [2.75, 3.05) is 20.8 Å². The van der Waals surface area contributed by atoms with Crippen molar-refractivity contribution in [1.29, 1.82) is 0 Å². The first-order chi connectivity index (χ1) is 14.7. The molecule has 8 nitrogen and oxygen atoms in total. The maximum Gasteiger partial charge on any atom is 0.258 e.